The van der Waals surface area contributed by atoms with Crippen LogP contribution in [0, 0.1) is 17.8 Å². The molecule has 11 nitrogen and oxygen atoms in total. The zero-order valence-electron chi connectivity index (χ0n) is 27.6. The van der Waals surface area contributed by atoms with Gasteiger partial charge in [-0.3, -0.25) is 24.0 Å². The molecule has 0 radical (unpaired) electrons. The van der Waals surface area contributed by atoms with E-state index < -0.39 is 58.7 Å². The summed E-state index contributed by atoms with van der Waals surface area (Å²) in [5.74, 6) is -2.41. The third-order valence-corrected chi connectivity index (χ3v) is 8.23. The molecule has 11 heteroatoms. The first-order valence-electron chi connectivity index (χ1n) is 16.1. The topological polar surface area (TPSA) is 197 Å². The van der Waals surface area contributed by atoms with E-state index in [1.54, 1.807) is 20.8 Å². The zero-order valence-corrected chi connectivity index (χ0v) is 27.6. The van der Waals surface area contributed by atoms with Gasteiger partial charge in [-0.2, -0.15) is 0 Å². The van der Waals surface area contributed by atoms with Gasteiger partial charge in [0.2, 0.25) is 17.7 Å². The van der Waals surface area contributed by atoms with Crippen LogP contribution >= 0.6 is 0 Å². The third-order valence-electron chi connectivity index (χ3n) is 8.23. The Morgan fingerprint density at radius 1 is 0.930 bits per heavy atom. The van der Waals surface area contributed by atoms with Crippen LogP contribution in [0.4, 0.5) is 0 Å². The Morgan fingerprint density at radius 3 is 2.05 bits per heavy atom. The molecule has 0 bridgehead atoms. The normalized spacial score (nSPS) is 18.6. The van der Waals surface area contributed by atoms with Crippen LogP contribution in [0.25, 0.3) is 0 Å². The average Bonchev–Trinajstić information content (AvgIpc) is 2.91. The van der Waals surface area contributed by atoms with Crippen LogP contribution < -0.4 is 27.8 Å². The van der Waals surface area contributed by atoms with Crippen LogP contribution in [-0.2, 0) is 28.7 Å². The largest absolute Gasteiger partial charge is 0.459 e. The summed E-state index contributed by atoms with van der Waals surface area (Å²) >= 11 is 0. The highest BCUT2D eigenvalue weighted by molar-refractivity contribution is 6.11. The summed E-state index contributed by atoms with van der Waals surface area (Å²) in [7, 11) is 0. The van der Waals surface area contributed by atoms with Gasteiger partial charge in [0, 0.05) is 6.42 Å². The molecule has 0 spiro atoms. The van der Waals surface area contributed by atoms with E-state index >= 15 is 0 Å². The third kappa shape index (κ3) is 13.3. The van der Waals surface area contributed by atoms with Gasteiger partial charge < -0.3 is 32.6 Å². The van der Waals surface area contributed by atoms with Gasteiger partial charge >= 0.3 is 5.97 Å². The summed E-state index contributed by atoms with van der Waals surface area (Å²) < 4.78 is 5.36. The first-order chi connectivity index (χ1) is 19.9. The van der Waals surface area contributed by atoms with Crippen molar-refractivity contribution < 1.29 is 28.7 Å². The van der Waals surface area contributed by atoms with E-state index in [2.05, 4.69) is 10.6 Å². The molecule has 1 fully saturated rings. The lowest BCUT2D eigenvalue weighted by molar-refractivity contribution is -0.156. The molecule has 8 N–H and O–H groups in total. The molecule has 1 saturated carbocycles. The second-order valence-electron chi connectivity index (χ2n) is 13.9. The van der Waals surface area contributed by atoms with Gasteiger partial charge in [-0.25, -0.2) is 0 Å². The number of nitrogens with two attached hydrogens (primary N) is 3. The molecule has 0 aromatic rings. The highest BCUT2D eigenvalue weighted by Gasteiger charge is 2.43. The number of ketones is 1. The van der Waals surface area contributed by atoms with Gasteiger partial charge in [-0.05, 0) is 70.6 Å². The fourth-order valence-electron chi connectivity index (χ4n) is 5.65. The number of hydrogen-bond acceptors (Lipinski definition) is 8. The van der Waals surface area contributed by atoms with Crippen LogP contribution in [0.2, 0.25) is 0 Å². The number of primary amides is 1. The number of nitrogens with one attached hydrogen (secondary N) is 2. The summed E-state index contributed by atoms with van der Waals surface area (Å²) in [5.41, 5.74) is 15.6. The van der Waals surface area contributed by atoms with Crippen LogP contribution in [0.5, 0.6) is 0 Å². The van der Waals surface area contributed by atoms with Crippen molar-refractivity contribution in [2.24, 2.45) is 35.0 Å². The fourth-order valence-corrected chi connectivity index (χ4v) is 5.65. The van der Waals surface area contributed by atoms with Crippen molar-refractivity contribution in [2.45, 2.75) is 155 Å². The van der Waals surface area contributed by atoms with Crippen molar-refractivity contribution in [1.82, 2.24) is 10.6 Å². The van der Waals surface area contributed by atoms with Crippen LogP contribution in [0.3, 0.4) is 0 Å². The molecule has 1 rings (SSSR count). The minimum absolute atomic E-state index is 0.0506. The molecule has 0 aliphatic heterocycles. The predicted molar refractivity (Wildman–Crippen MR) is 167 cm³/mol. The van der Waals surface area contributed by atoms with Gasteiger partial charge in [-0.15, -0.1) is 0 Å². The second-order valence-corrected chi connectivity index (χ2v) is 13.9. The molecule has 1 aliphatic rings. The van der Waals surface area contributed by atoms with Crippen molar-refractivity contribution in [3.8, 4) is 0 Å². The molecule has 248 valence electrons. The second kappa shape index (κ2) is 17.7. The Morgan fingerprint density at radius 2 is 1.53 bits per heavy atom. The standard InChI is InChI=1S/C32H59N5O6/c1-8-13-24(28(40)36-25(27(34)39)18-20(2)3)37-30(42)32(35,17-12-16-23(33)29(41)43-31(5,6)7)26(38)19-21(4)22-14-10-9-11-15-22/h20-25H,8-19,33,35H2,1-7H3,(H2,34,39)(H,36,40)(H,37,42)/t21-,23?,24+,25+,32-/m1/s1. The summed E-state index contributed by atoms with van der Waals surface area (Å²) in [6, 6.07) is -2.84. The number of Topliss-reactive ketones (excluding diaryl/α,β-unsaturated/α-hetero) is 1. The summed E-state index contributed by atoms with van der Waals surface area (Å²) in [5, 5.41) is 5.37. The Labute approximate surface area is 258 Å². The monoisotopic (exact) mass is 609 g/mol. The number of hydrogen-bond donors (Lipinski definition) is 5. The van der Waals surface area contributed by atoms with Gasteiger partial charge in [-0.1, -0.05) is 66.2 Å². The van der Waals surface area contributed by atoms with E-state index in [0.717, 1.165) is 25.7 Å². The minimum Gasteiger partial charge on any atom is -0.459 e. The van der Waals surface area contributed by atoms with Crippen LogP contribution in [0.15, 0.2) is 0 Å². The fraction of sp³-hybridized carbons (Fsp3) is 0.844. The van der Waals surface area contributed by atoms with Crippen molar-refractivity contribution in [2.75, 3.05) is 0 Å². The molecule has 0 heterocycles. The van der Waals surface area contributed by atoms with Gasteiger partial charge in [0.05, 0.1) is 0 Å². The summed E-state index contributed by atoms with van der Waals surface area (Å²) in [6.07, 6.45) is 7.16. The van der Waals surface area contributed by atoms with E-state index in [4.69, 9.17) is 21.9 Å². The van der Waals surface area contributed by atoms with Crippen LogP contribution in [0.1, 0.15) is 126 Å². The lowest BCUT2D eigenvalue weighted by atomic mass is 9.75. The molecule has 0 aromatic carbocycles. The van der Waals surface area contributed by atoms with E-state index in [1.807, 2.05) is 27.7 Å². The number of carbonyl (C=O) groups is 5. The Balaban J connectivity index is 3.14. The van der Waals surface area contributed by atoms with Crippen molar-refractivity contribution >= 4 is 29.5 Å². The number of ether oxygens (including phenoxy) is 1. The maximum atomic E-state index is 13.8. The average molecular weight is 610 g/mol. The number of esters is 1. The highest BCUT2D eigenvalue weighted by atomic mass is 16.6. The first-order valence-corrected chi connectivity index (χ1v) is 16.1. The van der Waals surface area contributed by atoms with Gasteiger partial charge in [0.15, 0.2) is 11.3 Å². The number of amides is 3. The minimum atomic E-state index is -1.93. The zero-order chi connectivity index (χ0) is 33.0. The first kappa shape index (κ1) is 38.5. The molecule has 3 amide bonds. The van der Waals surface area contributed by atoms with Crippen molar-refractivity contribution in [3.63, 3.8) is 0 Å². The van der Waals surface area contributed by atoms with E-state index in [1.165, 1.54) is 6.42 Å². The quantitative estimate of drug-likeness (QED) is 0.115. The molecule has 1 aliphatic carbocycles. The molecular weight excluding hydrogens is 550 g/mol. The van der Waals surface area contributed by atoms with Crippen molar-refractivity contribution in [3.05, 3.63) is 0 Å². The molecule has 1 unspecified atom stereocenters. The molecule has 5 atom stereocenters. The van der Waals surface area contributed by atoms with E-state index in [-0.39, 0.29) is 43.9 Å². The van der Waals surface area contributed by atoms with E-state index in [0.29, 0.717) is 18.8 Å². The maximum absolute atomic E-state index is 13.8. The van der Waals surface area contributed by atoms with Gasteiger partial charge in [0.1, 0.15) is 23.7 Å². The predicted octanol–water partition coefficient (Wildman–Crippen LogP) is 3.00. The number of carbonyl (C=O) groups excluding carboxylic acids is 5. The van der Waals surface area contributed by atoms with Gasteiger partial charge in [0.25, 0.3) is 0 Å². The Hall–Kier alpha value is -2.53. The molecule has 0 saturated heterocycles. The lowest BCUT2D eigenvalue weighted by Crippen LogP contribution is -2.63. The Bertz CT molecular complexity index is 943. The number of rotatable bonds is 18. The molecule has 0 aromatic heterocycles. The lowest BCUT2D eigenvalue weighted by Gasteiger charge is -2.33. The SMILES string of the molecule is CCC[C@H](NC(=O)[C@@](N)(CCCC(N)C(=O)OC(C)(C)C)C(=O)C[C@@H](C)C1CCCCC1)C(=O)N[C@@H](CC(C)C)C(N)=O. The maximum Gasteiger partial charge on any atom is 0.323 e. The smallest absolute Gasteiger partial charge is 0.323 e. The summed E-state index contributed by atoms with van der Waals surface area (Å²) in [4.78, 5) is 65.2. The Kier molecular flexibility index (Phi) is 15.8. The van der Waals surface area contributed by atoms with Crippen LogP contribution in [-0.4, -0.2) is 58.7 Å². The summed E-state index contributed by atoms with van der Waals surface area (Å²) in [6.45, 7) is 12.9. The van der Waals surface area contributed by atoms with E-state index in [9.17, 15) is 24.0 Å². The molecule has 43 heavy (non-hydrogen) atoms. The highest BCUT2D eigenvalue weighted by Crippen LogP contribution is 2.33. The molecular formula is C32H59N5O6. The van der Waals surface area contributed by atoms with Crippen molar-refractivity contribution in [1.29, 1.82) is 0 Å².